The van der Waals surface area contributed by atoms with Crippen molar-refractivity contribution in [2.24, 2.45) is 0 Å². The second-order valence-corrected chi connectivity index (χ2v) is 4.51. The van der Waals surface area contributed by atoms with E-state index < -0.39 is 5.97 Å². The van der Waals surface area contributed by atoms with E-state index >= 15 is 0 Å². The van der Waals surface area contributed by atoms with Crippen molar-refractivity contribution in [2.45, 2.75) is 13.1 Å². The van der Waals surface area contributed by atoms with E-state index in [0.29, 0.717) is 6.54 Å². The SMILES string of the molecule is COC(=O)c1ccn(CC(=O)NCc2ccc(OC)cc2)n1. The first-order valence-electron chi connectivity index (χ1n) is 6.64. The van der Waals surface area contributed by atoms with Gasteiger partial charge in [-0.1, -0.05) is 12.1 Å². The van der Waals surface area contributed by atoms with Gasteiger partial charge in [-0.3, -0.25) is 9.48 Å². The maximum Gasteiger partial charge on any atom is 0.358 e. The molecule has 1 heterocycles. The molecule has 0 atom stereocenters. The second-order valence-electron chi connectivity index (χ2n) is 4.51. The average Bonchev–Trinajstić information content (AvgIpc) is 3.01. The Bertz CT molecular complexity index is 649. The maximum atomic E-state index is 11.8. The first kappa shape index (κ1) is 15.6. The van der Waals surface area contributed by atoms with Gasteiger partial charge < -0.3 is 14.8 Å². The molecule has 1 aromatic heterocycles. The average molecular weight is 303 g/mol. The van der Waals surface area contributed by atoms with Gasteiger partial charge in [0.1, 0.15) is 12.3 Å². The molecule has 2 aromatic rings. The number of ether oxygens (including phenoxy) is 2. The number of hydrogen-bond donors (Lipinski definition) is 1. The highest BCUT2D eigenvalue weighted by molar-refractivity contribution is 5.87. The van der Waals surface area contributed by atoms with Gasteiger partial charge in [0.2, 0.25) is 5.91 Å². The molecule has 7 nitrogen and oxygen atoms in total. The molecule has 116 valence electrons. The Hall–Kier alpha value is -2.83. The summed E-state index contributed by atoms with van der Waals surface area (Å²) < 4.78 is 11.0. The number of nitrogens with zero attached hydrogens (tertiary/aromatic N) is 2. The van der Waals surface area contributed by atoms with Crippen LogP contribution in [0.1, 0.15) is 16.1 Å². The van der Waals surface area contributed by atoms with Crippen molar-refractivity contribution in [3.63, 3.8) is 0 Å². The molecule has 0 unspecified atom stereocenters. The minimum atomic E-state index is -0.530. The van der Waals surface area contributed by atoms with Gasteiger partial charge in [-0.25, -0.2) is 4.79 Å². The number of esters is 1. The highest BCUT2D eigenvalue weighted by atomic mass is 16.5. The quantitative estimate of drug-likeness (QED) is 0.805. The van der Waals surface area contributed by atoms with Crippen molar-refractivity contribution >= 4 is 11.9 Å². The summed E-state index contributed by atoms with van der Waals surface area (Å²) in [7, 11) is 2.88. The van der Waals surface area contributed by atoms with Crippen LogP contribution in [-0.2, 0) is 22.6 Å². The zero-order valence-corrected chi connectivity index (χ0v) is 12.4. The van der Waals surface area contributed by atoms with Crippen LogP contribution in [0.25, 0.3) is 0 Å². The summed E-state index contributed by atoms with van der Waals surface area (Å²) in [5, 5.41) is 6.74. The number of benzene rings is 1. The normalized spacial score (nSPS) is 10.1. The van der Waals surface area contributed by atoms with E-state index in [1.807, 2.05) is 24.3 Å². The third kappa shape index (κ3) is 4.08. The van der Waals surface area contributed by atoms with Crippen LogP contribution in [0.4, 0.5) is 0 Å². The van der Waals surface area contributed by atoms with Crippen LogP contribution in [0.15, 0.2) is 36.5 Å². The number of nitrogens with one attached hydrogen (secondary N) is 1. The molecule has 0 spiro atoms. The van der Waals surface area contributed by atoms with Crippen LogP contribution in [0, 0.1) is 0 Å². The summed E-state index contributed by atoms with van der Waals surface area (Å²) in [5.41, 5.74) is 1.13. The van der Waals surface area contributed by atoms with Gasteiger partial charge in [0, 0.05) is 12.7 Å². The van der Waals surface area contributed by atoms with E-state index in [1.54, 1.807) is 13.3 Å². The summed E-state index contributed by atoms with van der Waals surface area (Å²) in [4.78, 5) is 23.1. The van der Waals surface area contributed by atoms with E-state index in [-0.39, 0.29) is 18.1 Å². The van der Waals surface area contributed by atoms with Gasteiger partial charge in [0.05, 0.1) is 14.2 Å². The van der Waals surface area contributed by atoms with Gasteiger partial charge in [-0.15, -0.1) is 0 Å². The van der Waals surface area contributed by atoms with E-state index in [1.165, 1.54) is 17.9 Å². The lowest BCUT2D eigenvalue weighted by atomic mass is 10.2. The zero-order valence-electron chi connectivity index (χ0n) is 12.4. The molecule has 1 N–H and O–H groups in total. The van der Waals surface area contributed by atoms with Crippen molar-refractivity contribution in [3.8, 4) is 5.75 Å². The zero-order chi connectivity index (χ0) is 15.9. The number of methoxy groups -OCH3 is 2. The fraction of sp³-hybridized carbons (Fsp3) is 0.267. The fourth-order valence-electron chi connectivity index (χ4n) is 1.81. The summed E-state index contributed by atoms with van der Waals surface area (Å²) in [6.07, 6.45) is 1.55. The Morgan fingerprint density at radius 3 is 2.55 bits per heavy atom. The number of carbonyl (C=O) groups excluding carboxylic acids is 2. The Morgan fingerprint density at radius 2 is 1.91 bits per heavy atom. The lowest BCUT2D eigenvalue weighted by Gasteiger charge is -2.06. The number of amides is 1. The Labute approximate surface area is 127 Å². The lowest BCUT2D eigenvalue weighted by molar-refractivity contribution is -0.122. The van der Waals surface area contributed by atoms with E-state index in [4.69, 9.17) is 4.74 Å². The molecule has 22 heavy (non-hydrogen) atoms. The van der Waals surface area contributed by atoms with E-state index in [0.717, 1.165) is 11.3 Å². The molecule has 0 fully saturated rings. The van der Waals surface area contributed by atoms with Gasteiger partial charge in [0.25, 0.3) is 0 Å². The highest BCUT2D eigenvalue weighted by Gasteiger charge is 2.10. The van der Waals surface area contributed by atoms with Gasteiger partial charge in [0.15, 0.2) is 5.69 Å². The van der Waals surface area contributed by atoms with Crippen LogP contribution < -0.4 is 10.1 Å². The molecule has 0 aliphatic carbocycles. The van der Waals surface area contributed by atoms with Crippen molar-refractivity contribution in [2.75, 3.05) is 14.2 Å². The van der Waals surface area contributed by atoms with Crippen molar-refractivity contribution < 1.29 is 19.1 Å². The monoisotopic (exact) mass is 303 g/mol. The molecule has 0 radical (unpaired) electrons. The molecule has 1 amide bonds. The van der Waals surface area contributed by atoms with Crippen LogP contribution >= 0.6 is 0 Å². The molecular weight excluding hydrogens is 286 g/mol. The first-order chi connectivity index (χ1) is 10.6. The third-order valence-corrected chi connectivity index (χ3v) is 2.99. The van der Waals surface area contributed by atoms with Gasteiger partial charge in [-0.05, 0) is 23.8 Å². The first-order valence-corrected chi connectivity index (χ1v) is 6.64. The van der Waals surface area contributed by atoms with Crippen molar-refractivity contribution in [1.29, 1.82) is 0 Å². The molecular formula is C15H17N3O4. The highest BCUT2D eigenvalue weighted by Crippen LogP contribution is 2.10. The Balaban J connectivity index is 1.84. The molecule has 2 rings (SSSR count). The molecule has 0 saturated carbocycles. The lowest BCUT2D eigenvalue weighted by Crippen LogP contribution is -2.27. The van der Waals surface area contributed by atoms with Gasteiger partial charge >= 0.3 is 5.97 Å². The van der Waals surface area contributed by atoms with Gasteiger partial charge in [-0.2, -0.15) is 5.10 Å². The van der Waals surface area contributed by atoms with Crippen LogP contribution in [0.5, 0.6) is 5.75 Å². The molecule has 1 aromatic carbocycles. The van der Waals surface area contributed by atoms with Crippen LogP contribution in [0.3, 0.4) is 0 Å². The summed E-state index contributed by atoms with van der Waals surface area (Å²) in [6.45, 7) is 0.446. The largest absolute Gasteiger partial charge is 0.497 e. The number of hydrogen-bond acceptors (Lipinski definition) is 5. The topological polar surface area (TPSA) is 82.5 Å². The fourth-order valence-corrected chi connectivity index (χ4v) is 1.81. The van der Waals surface area contributed by atoms with Crippen LogP contribution in [0.2, 0.25) is 0 Å². The molecule has 0 saturated heterocycles. The molecule has 7 heteroatoms. The Kier molecular flexibility index (Phi) is 5.13. The minimum absolute atomic E-state index is 0.0349. The number of carbonyl (C=O) groups is 2. The molecule has 0 bridgehead atoms. The predicted octanol–water partition coefficient (Wildman–Crippen LogP) is 0.995. The van der Waals surface area contributed by atoms with E-state index in [2.05, 4.69) is 15.2 Å². The van der Waals surface area contributed by atoms with Crippen molar-refractivity contribution in [3.05, 3.63) is 47.8 Å². The van der Waals surface area contributed by atoms with Crippen LogP contribution in [-0.4, -0.2) is 35.9 Å². The smallest absolute Gasteiger partial charge is 0.358 e. The number of rotatable bonds is 6. The maximum absolute atomic E-state index is 11.8. The Morgan fingerprint density at radius 1 is 1.18 bits per heavy atom. The number of aromatic nitrogens is 2. The summed E-state index contributed by atoms with van der Waals surface area (Å²) in [5.74, 6) is 0.0367. The third-order valence-electron chi connectivity index (χ3n) is 2.99. The summed E-state index contributed by atoms with van der Waals surface area (Å²) in [6, 6.07) is 8.92. The van der Waals surface area contributed by atoms with Crippen molar-refractivity contribution in [1.82, 2.24) is 15.1 Å². The molecule has 0 aliphatic rings. The summed E-state index contributed by atoms with van der Waals surface area (Å²) >= 11 is 0. The second kappa shape index (κ2) is 7.26. The predicted molar refractivity (Wildman–Crippen MR) is 78.4 cm³/mol. The minimum Gasteiger partial charge on any atom is -0.497 e. The standard InChI is InChI=1S/C15H17N3O4/c1-21-12-5-3-11(4-6-12)9-16-14(19)10-18-8-7-13(17-18)15(20)22-2/h3-8H,9-10H2,1-2H3,(H,16,19). The van der Waals surface area contributed by atoms with E-state index in [9.17, 15) is 9.59 Å². The molecule has 0 aliphatic heterocycles.